The van der Waals surface area contributed by atoms with Crippen LogP contribution in [0.1, 0.15) is 16.8 Å². The van der Waals surface area contributed by atoms with Crippen LogP contribution in [0.4, 0.5) is 16.2 Å². The molecule has 0 saturated carbocycles. The number of piperazine rings is 1. The average molecular weight is 426 g/mol. The summed E-state index contributed by atoms with van der Waals surface area (Å²) in [5.41, 5.74) is 7.56. The highest BCUT2D eigenvalue weighted by Gasteiger charge is 2.19. The molecule has 166 valence electrons. The molecular formula is C23H31N5O3. The molecule has 2 aromatic carbocycles. The molecule has 2 aromatic rings. The van der Waals surface area contributed by atoms with Crippen molar-refractivity contribution in [3.63, 3.8) is 0 Å². The standard InChI is InChI=1S/C23H31N5O3/c1-26-13-15-28(16-14-26)23(30)25-12-5-17-31-21-7-4-3-6-20(21)27(2)22(29)18-8-10-19(24)11-9-18/h3-4,6-11H,5,12-17,24H2,1-2H3,(H,25,30). The quantitative estimate of drug-likeness (QED) is 0.525. The number of nitrogens with zero attached hydrogens (tertiary/aromatic N) is 3. The Labute approximate surface area is 183 Å². The summed E-state index contributed by atoms with van der Waals surface area (Å²) in [5, 5.41) is 2.95. The number of anilines is 2. The second-order valence-corrected chi connectivity index (χ2v) is 7.68. The van der Waals surface area contributed by atoms with Gasteiger partial charge in [0.15, 0.2) is 0 Å². The van der Waals surface area contributed by atoms with Crippen molar-refractivity contribution in [2.45, 2.75) is 6.42 Å². The lowest BCUT2D eigenvalue weighted by atomic mass is 10.1. The summed E-state index contributed by atoms with van der Waals surface area (Å²) in [6.45, 7) is 4.27. The number of likely N-dealkylation sites (N-methyl/N-ethyl adjacent to an activating group) is 1. The summed E-state index contributed by atoms with van der Waals surface area (Å²) in [6, 6.07) is 14.2. The van der Waals surface area contributed by atoms with Crippen LogP contribution in [0.5, 0.6) is 5.75 Å². The van der Waals surface area contributed by atoms with Crippen LogP contribution in [0.15, 0.2) is 48.5 Å². The number of para-hydroxylation sites is 2. The number of rotatable bonds is 7. The molecule has 31 heavy (non-hydrogen) atoms. The number of carbonyl (C=O) groups excluding carboxylic acids is 2. The monoisotopic (exact) mass is 425 g/mol. The van der Waals surface area contributed by atoms with E-state index in [1.807, 2.05) is 29.2 Å². The maximum Gasteiger partial charge on any atom is 0.317 e. The molecule has 1 aliphatic heterocycles. The Hall–Kier alpha value is -3.26. The first-order valence-electron chi connectivity index (χ1n) is 10.5. The van der Waals surface area contributed by atoms with Crippen molar-refractivity contribution in [3.05, 3.63) is 54.1 Å². The molecular weight excluding hydrogens is 394 g/mol. The molecule has 1 heterocycles. The zero-order valence-electron chi connectivity index (χ0n) is 18.2. The Balaban J connectivity index is 1.48. The highest BCUT2D eigenvalue weighted by Crippen LogP contribution is 2.28. The number of ether oxygens (including phenoxy) is 1. The summed E-state index contributed by atoms with van der Waals surface area (Å²) in [6.07, 6.45) is 0.670. The molecule has 0 bridgehead atoms. The number of hydrogen-bond donors (Lipinski definition) is 2. The molecule has 1 aliphatic rings. The van der Waals surface area contributed by atoms with Crippen LogP contribution in [-0.4, -0.2) is 75.2 Å². The SMILES string of the molecule is CN1CCN(C(=O)NCCCOc2ccccc2N(C)C(=O)c2ccc(N)cc2)CC1. The van der Waals surface area contributed by atoms with Crippen molar-refractivity contribution >= 4 is 23.3 Å². The van der Waals surface area contributed by atoms with Crippen molar-refractivity contribution in [1.29, 1.82) is 0 Å². The number of nitrogens with two attached hydrogens (primary N) is 1. The predicted octanol–water partition coefficient (Wildman–Crippen LogP) is 2.27. The molecule has 3 N–H and O–H groups in total. The molecule has 3 amide bonds. The second-order valence-electron chi connectivity index (χ2n) is 7.68. The Morgan fingerprint density at radius 2 is 1.74 bits per heavy atom. The van der Waals surface area contributed by atoms with Crippen LogP contribution in [0.2, 0.25) is 0 Å². The lowest BCUT2D eigenvalue weighted by molar-refractivity contribution is 0.0992. The van der Waals surface area contributed by atoms with Gasteiger partial charge in [-0.15, -0.1) is 0 Å². The van der Waals surface area contributed by atoms with Crippen LogP contribution < -0.4 is 20.7 Å². The van der Waals surface area contributed by atoms with E-state index in [9.17, 15) is 9.59 Å². The molecule has 0 spiro atoms. The van der Waals surface area contributed by atoms with Gasteiger partial charge in [0.25, 0.3) is 5.91 Å². The van der Waals surface area contributed by atoms with Crippen molar-refractivity contribution < 1.29 is 14.3 Å². The predicted molar refractivity (Wildman–Crippen MR) is 123 cm³/mol. The van der Waals surface area contributed by atoms with Gasteiger partial charge in [0.1, 0.15) is 5.75 Å². The number of urea groups is 1. The maximum atomic E-state index is 12.8. The van der Waals surface area contributed by atoms with E-state index >= 15 is 0 Å². The highest BCUT2D eigenvalue weighted by molar-refractivity contribution is 6.06. The highest BCUT2D eigenvalue weighted by atomic mass is 16.5. The first-order valence-corrected chi connectivity index (χ1v) is 10.5. The van der Waals surface area contributed by atoms with E-state index in [1.54, 1.807) is 36.2 Å². The Kier molecular flexibility index (Phi) is 7.72. The summed E-state index contributed by atoms with van der Waals surface area (Å²) in [4.78, 5) is 30.6. The van der Waals surface area contributed by atoms with Gasteiger partial charge in [-0.05, 0) is 49.9 Å². The third kappa shape index (κ3) is 6.11. The van der Waals surface area contributed by atoms with Crippen LogP contribution >= 0.6 is 0 Å². The smallest absolute Gasteiger partial charge is 0.317 e. The fraction of sp³-hybridized carbons (Fsp3) is 0.391. The summed E-state index contributed by atoms with van der Waals surface area (Å²) in [7, 11) is 3.78. The average Bonchev–Trinajstić information content (AvgIpc) is 2.79. The van der Waals surface area contributed by atoms with E-state index in [0.29, 0.717) is 42.3 Å². The molecule has 0 radical (unpaired) electrons. The van der Waals surface area contributed by atoms with Crippen molar-refractivity contribution in [3.8, 4) is 5.75 Å². The minimum absolute atomic E-state index is 0.0256. The molecule has 8 heteroatoms. The van der Waals surface area contributed by atoms with Crippen molar-refractivity contribution in [2.75, 3.05) is 64.1 Å². The Bertz CT molecular complexity index is 879. The Morgan fingerprint density at radius 1 is 1.06 bits per heavy atom. The maximum absolute atomic E-state index is 12.8. The number of nitrogens with one attached hydrogen (secondary N) is 1. The Morgan fingerprint density at radius 3 is 2.45 bits per heavy atom. The van der Waals surface area contributed by atoms with Gasteiger partial charge in [-0.3, -0.25) is 4.79 Å². The van der Waals surface area contributed by atoms with Crippen LogP contribution in [0, 0.1) is 0 Å². The minimum Gasteiger partial charge on any atom is -0.491 e. The normalized spacial score (nSPS) is 14.2. The van der Waals surface area contributed by atoms with Crippen LogP contribution in [-0.2, 0) is 0 Å². The van der Waals surface area contributed by atoms with E-state index in [4.69, 9.17) is 10.5 Å². The molecule has 0 unspecified atom stereocenters. The first kappa shape index (κ1) is 22.4. The number of nitrogen functional groups attached to an aromatic ring is 1. The third-order valence-electron chi connectivity index (χ3n) is 5.33. The van der Waals surface area contributed by atoms with E-state index in [1.165, 1.54) is 0 Å². The molecule has 3 rings (SSSR count). The minimum atomic E-state index is -0.143. The first-order chi connectivity index (χ1) is 15.0. The van der Waals surface area contributed by atoms with Crippen molar-refractivity contribution in [2.24, 2.45) is 0 Å². The molecule has 0 atom stereocenters. The molecule has 1 fully saturated rings. The van der Waals surface area contributed by atoms with Gasteiger partial charge in [-0.2, -0.15) is 0 Å². The topological polar surface area (TPSA) is 91.1 Å². The van der Waals surface area contributed by atoms with Gasteiger partial charge in [0, 0.05) is 51.0 Å². The summed E-state index contributed by atoms with van der Waals surface area (Å²) in [5.74, 6) is 0.481. The van der Waals surface area contributed by atoms with E-state index in [2.05, 4.69) is 17.3 Å². The van der Waals surface area contributed by atoms with Gasteiger partial charge in [-0.1, -0.05) is 12.1 Å². The molecule has 0 aliphatic carbocycles. The van der Waals surface area contributed by atoms with Gasteiger partial charge >= 0.3 is 6.03 Å². The lowest BCUT2D eigenvalue weighted by Crippen LogP contribution is -2.50. The van der Waals surface area contributed by atoms with Crippen molar-refractivity contribution in [1.82, 2.24) is 15.1 Å². The lowest BCUT2D eigenvalue weighted by Gasteiger charge is -2.32. The summed E-state index contributed by atoms with van der Waals surface area (Å²) < 4.78 is 5.92. The molecule has 0 aromatic heterocycles. The number of carbonyl (C=O) groups is 2. The number of hydrogen-bond acceptors (Lipinski definition) is 5. The molecule has 1 saturated heterocycles. The summed E-state index contributed by atoms with van der Waals surface area (Å²) >= 11 is 0. The number of benzene rings is 2. The van der Waals surface area contributed by atoms with E-state index in [0.717, 1.165) is 26.2 Å². The largest absolute Gasteiger partial charge is 0.491 e. The van der Waals surface area contributed by atoms with Crippen LogP contribution in [0.3, 0.4) is 0 Å². The van der Waals surface area contributed by atoms with Gasteiger partial charge in [0.05, 0.1) is 12.3 Å². The second kappa shape index (κ2) is 10.7. The van der Waals surface area contributed by atoms with Gasteiger partial charge < -0.3 is 30.5 Å². The fourth-order valence-corrected chi connectivity index (χ4v) is 3.36. The third-order valence-corrected chi connectivity index (χ3v) is 5.33. The van der Waals surface area contributed by atoms with Gasteiger partial charge in [-0.25, -0.2) is 4.79 Å². The van der Waals surface area contributed by atoms with E-state index in [-0.39, 0.29) is 11.9 Å². The van der Waals surface area contributed by atoms with Crippen LogP contribution in [0.25, 0.3) is 0 Å². The molecule has 8 nitrogen and oxygen atoms in total. The fourth-order valence-electron chi connectivity index (χ4n) is 3.36. The zero-order valence-corrected chi connectivity index (χ0v) is 18.2. The zero-order chi connectivity index (χ0) is 22.2. The van der Waals surface area contributed by atoms with E-state index < -0.39 is 0 Å². The number of amides is 3. The van der Waals surface area contributed by atoms with Gasteiger partial charge in [0.2, 0.25) is 0 Å².